The average molecular weight is 665 g/mol. The highest BCUT2D eigenvalue weighted by Gasteiger charge is 2.36. The van der Waals surface area contributed by atoms with Gasteiger partial charge >= 0.3 is 0 Å². The number of carbonyl (C=O) groups excluding carboxylic acids is 1. The quantitative estimate of drug-likeness (QED) is 0.0941. The first-order chi connectivity index (χ1) is 23.9. The second-order valence-electron chi connectivity index (χ2n) is 15.2. The molecule has 0 heterocycles. The third-order valence-electron chi connectivity index (χ3n) is 11.3. The molecule has 5 unspecified atom stereocenters. The summed E-state index contributed by atoms with van der Waals surface area (Å²) < 4.78 is 5.33. The van der Waals surface area contributed by atoms with Crippen molar-refractivity contribution in [3.05, 3.63) is 95.6 Å². The van der Waals surface area contributed by atoms with Gasteiger partial charge in [-0.15, -0.1) is 0 Å². The van der Waals surface area contributed by atoms with E-state index < -0.39 is 0 Å². The van der Waals surface area contributed by atoms with Crippen LogP contribution in [0.25, 0.3) is 22.3 Å². The van der Waals surface area contributed by atoms with Crippen LogP contribution in [0.2, 0.25) is 0 Å². The topological polar surface area (TPSA) is 46.5 Å². The molecule has 3 aromatic carbocycles. The number of aliphatic hydroxyl groups excluding tert-OH is 1. The number of allylic oxidation sites excluding steroid dienone is 1. The Morgan fingerprint density at radius 2 is 1.43 bits per heavy atom. The zero-order valence-corrected chi connectivity index (χ0v) is 31.1. The number of methoxy groups -OCH3 is 1. The van der Waals surface area contributed by atoms with E-state index in [1.54, 1.807) is 14.0 Å². The van der Waals surface area contributed by atoms with Crippen molar-refractivity contribution in [2.75, 3.05) is 20.3 Å². The summed E-state index contributed by atoms with van der Waals surface area (Å²) in [6.45, 7) is 10.5. The zero-order chi connectivity index (χ0) is 35.0. The fraction of sp³-hybridized carbons (Fsp3) is 0.543. The van der Waals surface area contributed by atoms with E-state index in [0.29, 0.717) is 18.1 Å². The minimum Gasteiger partial charge on any atom is -0.396 e. The lowest BCUT2D eigenvalue weighted by atomic mass is 9.63. The lowest BCUT2D eigenvalue weighted by Gasteiger charge is -2.43. The van der Waals surface area contributed by atoms with Gasteiger partial charge in [0, 0.05) is 19.6 Å². The number of hydrogen-bond acceptors (Lipinski definition) is 3. The number of ether oxygens (including phenoxy) is 1. The molecule has 3 nitrogen and oxygen atoms in total. The average Bonchev–Trinajstić information content (AvgIpc) is 3.14. The molecular formula is C46H64O3. The van der Waals surface area contributed by atoms with E-state index in [4.69, 9.17) is 4.74 Å². The fourth-order valence-corrected chi connectivity index (χ4v) is 8.47. The lowest BCUT2D eigenvalue weighted by Crippen LogP contribution is -2.32. The molecule has 1 N–H and O–H groups in total. The van der Waals surface area contributed by atoms with E-state index in [9.17, 15) is 9.90 Å². The number of aldehydes is 1. The lowest BCUT2D eigenvalue weighted by molar-refractivity contribution is -0.104. The highest BCUT2D eigenvalue weighted by Crippen LogP contribution is 2.47. The van der Waals surface area contributed by atoms with Crippen LogP contribution in [0.4, 0.5) is 0 Å². The van der Waals surface area contributed by atoms with Gasteiger partial charge in [-0.05, 0) is 139 Å². The Balaban J connectivity index is 0.00000101. The van der Waals surface area contributed by atoms with E-state index >= 15 is 0 Å². The van der Waals surface area contributed by atoms with E-state index in [1.165, 1.54) is 116 Å². The SMILES string of the molecule is C=C(C)C=O.CCCCCc1ccc(-c2ccc(-c3ccc(CCC4CCC5CC(CC(CO)COC)CCC5C4)cc3)cc2CC)cc1. The van der Waals surface area contributed by atoms with Crippen LogP contribution in [0.3, 0.4) is 0 Å². The molecule has 2 saturated carbocycles. The minimum atomic E-state index is 0.266. The molecule has 2 aliphatic carbocycles. The van der Waals surface area contributed by atoms with Crippen molar-refractivity contribution in [2.24, 2.45) is 29.6 Å². The molecule has 0 bridgehead atoms. The van der Waals surface area contributed by atoms with Crippen molar-refractivity contribution >= 4 is 6.29 Å². The van der Waals surface area contributed by atoms with Crippen LogP contribution in [0.1, 0.15) is 108 Å². The van der Waals surface area contributed by atoms with E-state index in [-0.39, 0.29) is 6.61 Å². The van der Waals surface area contributed by atoms with Crippen LogP contribution in [0.15, 0.2) is 78.9 Å². The van der Waals surface area contributed by atoms with Gasteiger partial charge in [0.05, 0.1) is 6.61 Å². The highest BCUT2D eigenvalue weighted by atomic mass is 16.5. The maximum atomic E-state index is 9.70. The zero-order valence-electron chi connectivity index (χ0n) is 31.1. The summed E-state index contributed by atoms with van der Waals surface area (Å²) in [6, 6.07) is 25.8. The number of rotatable bonds is 16. The monoisotopic (exact) mass is 664 g/mol. The smallest absolute Gasteiger partial charge is 0.145 e. The van der Waals surface area contributed by atoms with Crippen LogP contribution in [-0.4, -0.2) is 31.7 Å². The standard InChI is InChI=1S/C42H58O2.C4H6O/c1-4-6-7-8-31-13-19-38(20-14-31)42-24-23-41(28-36(42)5-2)37-17-11-32(12-18-37)9-10-33-15-21-40-27-34(16-22-39(40)26-33)25-35(29-43)30-44-3;1-4(2)3-5/h11-14,17-20,23-24,28,33-35,39-40,43H,4-10,15-16,21-22,25-27,29-30H2,1-3H3;3H,1H2,2H3. The summed E-state index contributed by atoms with van der Waals surface area (Å²) in [6.07, 6.45) is 18.9. The number of hydrogen-bond donors (Lipinski definition) is 1. The van der Waals surface area contributed by atoms with Gasteiger partial charge in [0.25, 0.3) is 0 Å². The van der Waals surface area contributed by atoms with Crippen LogP contribution in [0.5, 0.6) is 0 Å². The summed E-state index contributed by atoms with van der Waals surface area (Å²) in [5.41, 5.74) is 10.3. The maximum Gasteiger partial charge on any atom is 0.145 e. The molecule has 5 atom stereocenters. The normalized spacial score (nSPS) is 20.8. The van der Waals surface area contributed by atoms with Gasteiger partial charge in [0.1, 0.15) is 6.29 Å². The van der Waals surface area contributed by atoms with Crippen molar-refractivity contribution in [3.63, 3.8) is 0 Å². The summed E-state index contributed by atoms with van der Waals surface area (Å²) in [4.78, 5) is 9.41. The fourth-order valence-electron chi connectivity index (χ4n) is 8.47. The van der Waals surface area contributed by atoms with Crippen molar-refractivity contribution in [1.29, 1.82) is 0 Å². The van der Waals surface area contributed by atoms with Gasteiger partial charge < -0.3 is 9.84 Å². The van der Waals surface area contributed by atoms with Gasteiger partial charge in [0.15, 0.2) is 0 Å². The number of fused-ring (bicyclic) bond motifs is 1. The molecule has 2 fully saturated rings. The first-order valence-corrected chi connectivity index (χ1v) is 19.4. The second-order valence-corrected chi connectivity index (χ2v) is 15.2. The number of aliphatic hydroxyl groups is 1. The van der Waals surface area contributed by atoms with Crippen LogP contribution >= 0.6 is 0 Å². The molecule has 0 radical (unpaired) electrons. The molecule has 3 aromatic rings. The first-order valence-electron chi connectivity index (χ1n) is 19.4. The Labute approximate surface area is 298 Å². The van der Waals surface area contributed by atoms with Crippen molar-refractivity contribution in [2.45, 2.75) is 111 Å². The predicted molar refractivity (Wildman–Crippen MR) is 208 cm³/mol. The van der Waals surface area contributed by atoms with Gasteiger partial charge in [-0.25, -0.2) is 0 Å². The molecule has 2 aliphatic rings. The molecular weight excluding hydrogens is 601 g/mol. The summed E-state index contributed by atoms with van der Waals surface area (Å²) in [7, 11) is 1.76. The number of benzene rings is 3. The molecule has 5 rings (SSSR count). The van der Waals surface area contributed by atoms with Gasteiger partial charge in [0.2, 0.25) is 0 Å². The Hall–Kier alpha value is -3.01. The van der Waals surface area contributed by atoms with E-state index in [1.807, 2.05) is 0 Å². The maximum absolute atomic E-state index is 9.70. The van der Waals surface area contributed by atoms with E-state index in [0.717, 1.165) is 42.8 Å². The number of unbranched alkanes of at least 4 members (excludes halogenated alkanes) is 2. The third kappa shape index (κ3) is 12.1. The Morgan fingerprint density at radius 3 is 2.02 bits per heavy atom. The van der Waals surface area contributed by atoms with Crippen LogP contribution in [-0.2, 0) is 28.8 Å². The van der Waals surface area contributed by atoms with Crippen LogP contribution in [0, 0.1) is 29.6 Å². The van der Waals surface area contributed by atoms with E-state index in [2.05, 4.69) is 87.2 Å². The molecule has 266 valence electrons. The number of carbonyl (C=O) groups is 1. The predicted octanol–water partition coefficient (Wildman–Crippen LogP) is 11.5. The Kier molecular flexibility index (Phi) is 16.3. The first kappa shape index (κ1) is 38.8. The number of aryl methyl sites for hydroxylation is 3. The molecule has 3 heteroatoms. The minimum absolute atomic E-state index is 0.266. The second kappa shape index (κ2) is 20.6. The molecule has 49 heavy (non-hydrogen) atoms. The molecule has 0 spiro atoms. The summed E-state index contributed by atoms with van der Waals surface area (Å²) in [5, 5.41) is 9.70. The van der Waals surface area contributed by atoms with Gasteiger partial charge in [-0.2, -0.15) is 0 Å². The molecule has 0 saturated heterocycles. The summed E-state index contributed by atoms with van der Waals surface area (Å²) >= 11 is 0. The Morgan fingerprint density at radius 1 is 0.837 bits per heavy atom. The molecule has 0 aromatic heterocycles. The highest BCUT2D eigenvalue weighted by molar-refractivity contribution is 5.74. The third-order valence-corrected chi connectivity index (χ3v) is 11.3. The van der Waals surface area contributed by atoms with Crippen molar-refractivity contribution in [3.8, 4) is 22.3 Å². The van der Waals surface area contributed by atoms with Gasteiger partial charge in [-0.1, -0.05) is 113 Å². The largest absolute Gasteiger partial charge is 0.396 e. The van der Waals surface area contributed by atoms with Gasteiger partial charge in [-0.3, -0.25) is 4.79 Å². The van der Waals surface area contributed by atoms with Crippen LogP contribution < -0.4 is 0 Å². The van der Waals surface area contributed by atoms with Crippen molar-refractivity contribution < 1.29 is 14.6 Å². The molecule has 0 aliphatic heterocycles. The van der Waals surface area contributed by atoms with Crippen molar-refractivity contribution in [1.82, 2.24) is 0 Å². The Bertz CT molecular complexity index is 1410. The summed E-state index contributed by atoms with van der Waals surface area (Å²) in [5.74, 6) is 3.84. The molecule has 0 amide bonds.